The number of hydrogen-bond acceptors (Lipinski definition) is 2. The van der Waals surface area contributed by atoms with Gasteiger partial charge in [0, 0.05) is 15.7 Å². The van der Waals surface area contributed by atoms with E-state index in [-0.39, 0.29) is 17.8 Å². The van der Waals surface area contributed by atoms with Gasteiger partial charge in [-0.3, -0.25) is 4.79 Å². The molecule has 3 rings (SSSR count). The van der Waals surface area contributed by atoms with Crippen molar-refractivity contribution in [2.75, 3.05) is 5.75 Å². The summed E-state index contributed by atoms with van der Waals surface area (Å²) in [6.45, 7) is 0. The van der Waals surface area contributed by atoms with E-state index < -0.39 is 0 Å². The fourth-order valence-corrected chi connectivity index (χ4v) is 3.84. The largest absolute Gasteiger partial charge is 0.349 e. The average Bonchev–Trinajstić information content (AvgIpc) is 2.51. The molecule has 0 aromatic heterocycles. The topological polar surface area (TPSA) is 29.1 Å². The van der Waals surface area contributed by atoms with E-state index in [0.717, 1.165) is 23.3 Å². The highest BCUT2D eigenvalue weighted by Crippen LogP contribution is 2.37. The van der Waals surface area contributed by atoms with Crippen molar-refractivity contribution in [3.63, 3.8) is 0 Å². The second-order valence-electron chi connectivity index (χ2n) is 5.22. The van der Waals surface area contributed by atoms with E-state index in [2.05, 4.69) is 5.32 Å². The van der Waals surface area contributed by atoms with Crippen LogP contribution in [0.5, 0.6) is 0 Å². The Kier molecular flexibility index (Phi) is 4.69. The minimum absolute atomic E-state index is 0.0607. The first-order valence-electron chi connectivity index (χ1n) is 7.08. The Hall–Kier alpha value is -1.52. The number of carbonyl (C=O) groups is 1. The van der Waals surface area contributed by atoms with Crippen LogP contribution in [0.2, 0.25) is 5.02 Å². The van der Waals surface area contributed by atoms with Gasteiger partial charge in [0.15, 0.2) is 0 Å². The number of benzene rings is 2. The number of amides is 1. The molecule has 0 radical (unpaired) electrons. The molecule has 5 heteroatoms. The summed E-state index contributed by atoms with van der Waals surface area (Å²) in [5, 5.41) is 3.66. The summed E-state index contributed by atoms with van der Waals surface area (Å²) in [6, 6.07) is 12.1. The maximum Gasteiger partial charge on any atom is 0.224 e. The van der Waals surface area contributed by atoms with Gasteiger partial charge in [0.25, 0.3) is 0 Å². The molecule has 114 valence electrons. The lowest BCUT2D eigenvalue weighted by Crippen LogP contribution is -2.32. The quantitative estimate of drug-likeness (QED) is 0.902. The first-order valence-corrected chi connectivity index (χ1v) is 8.45. The fourth-order valence-electron chi connectivity index (χ4n) is 2.57. The maximum absolute atomic E-state index is 13.8. The molecular formula is C17H15ClFNOS. The summed E-state index contributed by atoms with van der Waals surface area (Å²) in [6.07, 6.45) is 1.11. The standard InChI is InChI=1S/C17H15ClFNOS/c18-12-6-4-11(5-7-12)10-16(21)20-15-8-9-22-17-13(15)2-1-3-14(17)19/h1-7,15H,8-10H2,(H,20,21). The molecule has 0 bridgehead atoms. The van der Waals surface area contributed by atoms with E-state index in [1.165, 1.54) is 17.8 Å². The highest BCUT2D eigenvalue weighted by molar-refractivity contribution is 7.99. The molecule has 0 fully saturated rings. The Labute approximate surface area is 138 Å². The van der Waals surface area contributed by atoms with Gasteiger partial charge in [-0.2, -0.15) is 0 Å². The summed E-state index contributed by atoms with van der Waals surface area (Å²) >= 11 is 7.35. The average molecular weight is 336 g/mol. The molecule has 22 heavy (non-hydrogen) atoms. The van der Waals surface area contributed by atoms with Gasteiger partial charge in [-0.1, -0.05) is 35.9 Å². The molecule has 1 amide bonds. The molecule has 2 nitrogen and oxygen atoms in total. The Morgan fingerprint density at radius 3 is 2.82 bits per heavy atom. The molecule has 1 aliphatic heterocycles. The first-order chi connectivity index (χ1) is 10.6. The van der Waals surface area contributed by atoms with Crippen LogP contribution in [0.1, 0.15) is 23.6 Å². The normalized spacial score (nSPS) is 16.9. The second kappa shape index (κ2) is 6.71. The van der Waals surface area contributed by atoms with Crippen molar-refractivity contribution in [2.24, 2.45) is 0 Å². The predicted octanol–water partition coefficient (Wildman–Crippen LogP) is 4.37. The Morgan fingerprint density at radius 1 is 1.27 bits per heavy atom. The Bertz CT molecular complexity index is 690. The first kappa shape index (κ1) is 15.4. The lowest BCUT2D eigenvalue weighted by Gasteiger charge is -2.26. The highest BCUT2D eigenvalue weighted by atomic mass is 35.5. The van der Waals surface area contributed by atoms with Crippen LogP contribution in [0, 0.1) is 5.82 Å². The van der Waals surface area contributed by atoms with Crippen LogP contribution in [0.4, 0.5) is 4.39 Å². The maximum atomic E-state index is 13.8. The van der Waals surface area contributed by atoms with Crippen LogP contribution < -0.4 is 5.32 Å². The monoisotopic (exact) mass is 335 g/mol. The van der Waals surface area contributed by atoms with Crippen LogP contribution in [0.15, 0.2) is 47.4 Å². The Morgan fingerprint density at radius 2 is 2.05 bits per heavy atom. The fraction of sp³-hybridized carbons (Fsp3) is 0.235. The SMILES string of the molecule is O=C(Cc1ccc(Cl)cc1)NC1CCSc2c(F)cccc21. The molecule has 0 aliphatic carbocycles. The van der Waals surface area contributed by atoms with E-state index >= 15 is 0 Å². The van der Waals surface area contributed by atoms with Crippen LogP contribution in [-0.2, 0) is 11.2 Å². The number of fused-ring (bicyclic) bond motifs is 1. The van der Waals surface area contributed by atoms with Gasteiger partial charge in [0.1, 0.15) is 5.82 Å². The summed E-state index contributed by atoms with van der Waals surface area (Å²) in [5.74, 6) is 0.536. The van der Waals surface area contributed by atoms with E-state index in [9.17, 15) is 9.18 Å². The molecule has 0 spiro atoms. The zero-order valence-electron chi connectivity index (χ0n) is 11.8. The van der Waals surface area contributed by atoms with Gasteiger partial charge in [-0.05, 0) is 35.7 Å². The molecule has 1 heterocycles. The summed E-state index contributed by atoms with van der Waals surface area (Å²) < 4.78 is 13.8. The molecule has 0 saturated carbocycles. The minimum atomic E-state index is -0.209. The van der Waals surface area contributed by atoms with E-state index in [1.54, 1.807) is 18.2 Å². The predicted molar refractivity (Wildman–Crippen MR) is 87.8 cm³/mol. The molecule has 1 atom stereocenters. The van der Waals surface area contributed by atoms with E-state index in [0.29, 0.717) is 16.3 Å². The van der Waals surface area contributed by atoms with Crippen molar-refractivity contribution in [2.45, 2.75) is 23.8 Å². The molecule has 2 aromatic carbocycles. The zero-order chi connectivity index (χ0) is 15.5. The minimum Gasteiger partial charge on any atom is -0.349 e. The zero-order valence-corrected chi connectivity index (χ0v) is 13.4. The van der Waals surface area contributed by atoms with Crippen molar-refractivity contribution < 1.29 is 9.18 Å². The smallest absolute Gasteiger partial charge is 0.224 e. The lowest BCUT2D eigenvalue weighted by atomic mass is 10.0. The summed E-state index contributed by atoms with van der Waals surface area (Å²) in [4.78, 5) is 12.9. The molecule has 0 saturated heterocycles. The number of halogens is 2. The molecule has 1 unspecified atom stereocenters. The highest BCUT2D eigenvalue weighted by Gasteiger charge is 2.24. The summed E-state index contributed by atoms with van der Waals surface area (Å²) in [5.41, 5.74) is 1.78. The number of thioether (sulfide) groups is 1. The lowest BCUT2D eigenvalue weighted by molar-refractivity contribution is -0.121. The van der Waals surface area contributed by atoms with Crippen LogP contribution in [-0.4, -0.2) is 11.7 Å². The number of rotatable bonds is 3. The van der Waals surface area contributed by atoms with Crippen molar-refractivity contribution >= 4 is 29.3 Å². The molecule has 2 aromatic rings. The van der Waals surface area contributed by atoms with E-state index in [4.69, 9.17) is 11.6 Å². The summed E-state index contributed by atoms with van der Waals surface area (Å²) in [7, 11) is 0. The molecule has 1 N–H and O–H groups in total. The number of nitrogens with one attached hydrogen (secondary N) is 1. The number of hydrogen-bond donors (Lipinski definition) is 1. The molecule has 1 aliphatic rings. The van der Waals surface area contributed by atoms with Gasteiger partial charge in [-0.15, -0.1) is 11.8 Å². The molecular weight excluding hydrogens is 321 g/mol. The third-order valence-corrected chi connectivity index (χ3v) is 5.05. The Balaban J connectivity index is 1.70. The van der Waals surface area contributed by atoms with Gasteiger partial charge in [0.05, 0.1) is 12.5 Å². The van der Waals surface area contributed by atoms with Crippen molar-refractivity contribution in [1.29, 1.82) is 0 Å². The van der Waals surface area contributed by atoms with Crippen LogP contribution in [0.3, 0.4) is 0 Å². The van der Waals surface area contributed by atoms with Crippen molar-refractivity contribution in [3.05, 3.63) is 64.4 Å². The third kappa shape index (κ3) is 3.45. The van der Waals surface area contributed by atoms with Crippen LogP contribution >= 0.6 is 23.4 Å². The third-order valence-electron chi connectivity index (χ3n) is 3.64. The van der Waals surface area contributed by atoms with Gasteiger partial charge in [0.2, 0.25) is 5.91 Å². The second-order valence-corrected chi connectivity index (χ2v) is 6.76. The van der Waals surface area contributed by atoms with Crippen LogP contribution in [0.25, 0.3) is 0 Å². The number of carbonyl (C=O) groups excluding carboxylic acids is 1. The van der Waals surface area contributed by atoms with Gasteiger partial charge in [-0.25, -0.2) is 4.39 Å². The van der Waals surface area contributed by atoms with Gasteiger partial charge < -0.3 is 5.32 Å². The van der Waals surface area contributed by atoms with Crippen molar-refractivity contribution in [1.82, 2.24) is 5.32 Å². The van der Waals surface area contributed by atoms with E-state index in [1.807, 2.05) is 18.2 Å². The van der Waals surface area contributed by atoms with Crippen molar-refractivity contribution in [3.8, 4) is 0 Å². The van der Waals surface area contributed by atoms with Gasteiger partial charge >= 0.3 is 0 Å².